The third-order valence-electron chi connectivity index (χ3n) is 7.08. The van der Waals surface area contributed by atoms with Crippen molar-refractivity contribution in [1.82, 2.24) is 9.80 Å². The Morgan fingerprint density at radius 1 is 0.935 bits per heavy atom. The van der Waals surface area contributed by atoms with E-state index in [1.165, 1.54) is 22.3 Å². The van der Waals surface area contributed by atoms with Crippen molar-refractivity contribution in [2.45, 2.75) is 31.2 Å². The Hall–Kier alpha value is -2.86. The zero-order valence-electron chi connectivity index (χ0n) is 17.6. The maximum Gasteiger partial charge on any atom is 0.409 e. The van der Waals surface area contributed by atoms with E-state index in [1.807, 2.05) is 24.3 Å². The number of hydrogen-bond acceptors (Lipinski definition) is 4. The standard InChI is InChI=1S/C25H28N2O4/c28-24(29)17-6-5-12-26(14-17)18-11-13-27(15-18)25(30)31-16-23-21-9-3-1-7-19(21)20-8-2-4-10-22(20)23/h1-4,7-10,17-18,23H,5-6,11-16H2,(H,28,29)/t17-,18+/m0/s1. The lowest BCUT2D eigenvalue weighted by Gasteiger charge is -2.35. The summed E-state index contributed by atoms with van der Waals surface area (Å²) in [5.74, 6) is -0.943. The van der Waals surface area contributed by atoms with Crippen LogP contribution in [0.4, 0.5) is 4.79 Å². The number of carboxylic acid groups (broad SMARTS) is 1. The van der Waals surface area contributed by atoms with E-state index in [9.17, 15) is 14.7 Å². The molecule has 2 saturated heterocycles. The van der Waals surface area contributed by atoms with Gasteiger partial charge in [-0.1, -0.05) is 48.5 Å². The van der Waals surface area contributed by atoms with Gasteiger partial charge in [-0.2, -0.15) is 0 Å². The van der Waals surface area contributed by atoms with Crippen LogP contribution in [0.15, 0.2) is 48.5 Å². The molecule has 0 saturated carbocycles. The molecule has 162 valence electrons. The molecule has 31 heavy (non-hydrogen) atoms. The van der Waals surface area contributed by atoms with Crippen LogP contribution in [0.3, 0.4) is 0 Å². The van der Waals surface area contributed by atoms with Gasteiger partial charge in [0.15, 0.2) is 0 Å². The maximum atomic E-state index is 12.8. The first-order valence-corrected chi connectivity index (χ1v) is 11.2. The third-order valence-corrected chi connectivity index (χ3v) is 7.08. The van der Waals surface area contributed by atoms with E-state index in [2.05, 4.69) is 29.2 Å². The monoisotopic (exact) mass is 420 g/mol. The van der Waals surface area contributed by atoms with Crippen LogP contribution < -0.4 is 0 Å². The lowest BCUT2D eigenvalue weighted by Crippen LogP contribution is -2.46. The molecule has 2 aliphatic heterocycles. The molecule has 2 atom stereocenters. The first kappa shape index (κ1) is 20.1. The molecule has 0 radical (unpaired) electrons. The number of piperidine rings is 1. The number of fused-ring (bicyclic) bond motifs is 3. The van der Waals surface area contributed by atoms with E-state index in [0.717, 1.165) is 25.8 Å². The molecule has 0 unspecified atom stereocenters. The number of aliphatic carboxylic acids is 1. The summed E-state index contributed by atoms with van der Waals surface area (Å²) in [6, 6.07) is 16.9. The van der Waals surface area contributed by atoms with Crippen LogP contribution in [0.25, 0.3) is 11.1 Å². The number of carboxylic acids is 1. The minimum Gasteiger partial charge on any atom is -0.481 e. The summed E-state index contributed by atoms with van der Waals surface area (Å²) in [5.41, 5.74) is 4.87. The van der Waals surface area contributed by atoms with E-state index < -0.39 is 5.97 Å². The molecule has 0 bridgehead atoms. The lowest BCUT2D eigenvalue weighted by molar-refractivity contribution is -0.143. The molecular weight excluding hydrogens is 392 g/mol. The Labute approximate surface area is 182 Å². The summed E-state index contributed by atoms with van der Waals surface area (Å²) in [5, 5.41) is 9.34. The largest absolute Gasteiger partial charge is 0.481 e. The number of rotatable bonds is 4. The van der Waals surface area contributed by atoms with Crippen molar-refractivity contribution in [3.8, 4) is 11.1 Å². The van der Waals surface area contributed by atoms with Crippen LogP contribution in [0, 0.1) is 5.92 Å². The predicted octanol–water partition coefficient (Wildman–Crippen LogP) is 3.81. The number of carbonyl (C=O) groups excluding carboxylic acids is 1. The molecule has 2 aromatic carbocycles. The summed E-state index contributed by atoms with van der Waals surface area (Å²) in [4.78, 5) is 28.2. The number of ether oxygens (including phenoxy) is 1. The second kappa shape index (κ2) is 8.35. The molecule has 6 nitrogen and oxygen atoms in total. The maximum absolute atomic E-state index is 12.8. The fourth-order valence-electron chi connectivity index (χ4n) is 5.43. The van der Waals surface area contributed by atoms with Gasteiger partial charge in [-0.15, -0.1) is 0 Å². The second-order valence-electron chi connectivity index (χ2n) is 8.86. The Bertz CT molecular complexity index is 945. The highest BCUT2D eigenvalue weighted by Gasteiger charge is 2.36. The van der Waals surface area contributed by atoms with Crippen molar-refractivity contribution in [3.05, 3.63) is 59.7 Å². The van der Waals surface area contributed by atoms with E-state index in [-0.39, 0.29) is 24.0 Å². The molecule has 3 aliphatic rings. The van der Waals surface area contributed by atoms with E-state index in [0.29, 0.717) is 26.2 Å². The van der Waals surface area contributed by atoms with Gasteiger partial charge < -0.3 is 14.7 Å². The minimum absolute atomic E-state index is 0.0631. The number of carbonyl (C=O) groups is 2. The van der Waals surface area contributed by atoms with Crippen LogP contribution in [0.5, 0.6) is 0 Å². The number of amides is 1. The highest BCUT2D eigenvalue weighted by molar-refractivity contribution is 5.79. The van der Waals surface area contributed by atoms with Gasteiger partial charge in [-0.05, 0) is 48.1 Å². The summed E-state index contributed by atoms with van der Waals surface area (Å²) in [7, 11) is 0. The van der Waals surface area contributed by atoms with Gasteiger partial charge >= 0.3 is 12.1 Å². The van der Waals surface area contributed by atoms with Gasteiger partial charge in [0.25, 0.3) is 0 Å². The molecular formula is C25H28N2O4. The van der Waals surface area contributed by atoms with Crippen LogP contribution in [-0.2, 0) is 9.53 Å². The Morgan fingerprint density at radius 2 is 1.61 bits per heavy atom. The van der Waals surface area contributed by atoms with Crippen molar-refractivity contribution in [3.63, 3.8) is 0 Å². The van der Waals surface area contributed by atoms with Crippen molar-refractivity contribution < 1.29 is 19.4 Å². The number of benzene rings is 2. The summed E-state index contributed by atoms with van der Waals surface area (Å²) in [6.45, 7) is 3.10. The third kappa shape index (κ3) is 3.81. The highest BCUT2D eigenvalue weighted by atomic mass is 16.6. The minimum atomic E-state index is -0.712. The highest BCUT2D eigenvalue weighted by Crippen LogP contribution is 2.44. The van der Waals surface area contributed by atoms with Crippen LogP contribution in [0.1, 0.15) is 36.3 Å². The molecule has 5 rings (SSSR count). The molecule has 2 fully saturated rings. The fourth-order valence-corrected chi connectivity index (χ4v) is 5.43. The molecule has 0 aromatic heterocycles. The fraction of sp³-hybridized carbons (Fsp3) is 0.440. The van der Waals surface area contributed by atoms with Crippen molar-refractivity contribution >= 4 is 12.1 Å². The van der Waals surface area contributed by atoms with Gasteiger partial charge in [0.05, 0.1) is 5.92 Å². The van der Waals surface area contributed by atoms with Gasteiger partial charge in [-0.25, -0.2) is 4.79 Å². The van der Waals surface area contributed by atoms with Gasteiger partial charge in [0, 0.05) is 31.6 Å². The van der Waals surface area contributed by atoms with Crippen molar-refractivity contribution in [2.24, 2.45) is 5.92 Å². The van der Waals surface area contributed by atoms with Crippen LogP contribution >= 0.6 is 0 Å². The molecule has 2 heterocycles. The smallest absolute Gasteiger partial charge is 0.409 e. The van der Waals surface area contributed by atoms with E-state index >= 15 is 0 Å². The van der Waals surface area contributed by atoms with Gasteiger partial charge in [0.2, 0.25) is 0 Å². The van der Waals surface area contributed by atoms with E-state index in [4.69, 9.17) is 4.74 Å². The van der Waals surface area contributed by atoms with Crippen LogP contribution in [0.2, 0.25) is 0 Å². The molecule has 0 spiro atoms. The van der Waals surface area contributed by atoms with Gasteiger partial charge in [-0.3, -0.25) is 9.69 Å². The average Bonchev–Trinajstić information content (AvgIpc) is 3.41. The molecule has 6 heteroatoms. The van der Waals surface area contributed by atoms with Gasteiger partial charge in [0.1, 0.15) is 6.61 Å². The Kier molecular flexibility index (Phi) is 5.40. The van der Waals surface area contributed by atoms with Crippen LogP contribution in [-0.4, -0.2) is 65.8 Å². The zero-order valence-corrected chi connectivity index (χ0v) is 17.6. The Balaban J connectivity index is 1.21. The SMILES string of the molecule is O=C(O)[C@H]1CCCN([C@@H]2CCN(C(=O)OCC3c4ccccc4-c4ccccc43)C2)C1. The van der Waals surface area contributed by atoms with Crippen molar-refractivity contribution in [1.29, 1.82) is 0 Å². The average molecular weight is 421 g/mol. The number of hydrogen-bond donors (Lipinski definition) is 1. The van der Waals surface area contributed by atoms with E-state index in [1.54, 1.807) is 4.90 Å². The summed E-state index contributed by atoms with van der Waals surface area (Å²) >= 11 is 0. The normalized spacial score (nSPS) is 23.4. The first-order chi connectivity index (χ1) is 15.1. The predicted molar refractivity (Wildman–Crippen MR) is 117 cm³/mol. The second-order valence-corrected chi connectivity index (χ2v) is 8.86. The lowest BCUT2D eigenvalue weighted by atomic mass is 9.96. The molecule has 1 aliphatic carbocycles. The first-order valence-electron chi connectivity index (χ1n) is 11.2. The Morgan fingerprint density at radius 3 is 2.29 bits per heavy atom. The molecule has 2 aromatic rings. The molecule has 1 amide bonds. The number of likely N-dealkylation sites (tertiary alicyclic amines) is 2. The number of nitrogens with zero attached hydrogens (tertiary/aromatic N) is 2. The quantitative estimate of drug-likeness (QED) is 0.815. The topological polar surface area (TPSA) is 70.1 Å². The van der Waals surface area contributed by atoms with Crippen molar-refractivity contribution in [2.75, 3.05) is 32.8 Å². The summed E-state index contributed by atoms with van der Waals surface area (Å²) < 4.78 is 5.79. The zero-order chi connectivity index (χ0) is 21.4. The summed E-state index contributed by atoms with van der Waals surface area (Å²) in [6.07, 6.45) is 2.25. The molecule has 1 N–H and O–H groups in total.